The Morgan fingerprint density at radius 1 is 1.28 bits per heavy atom. The summed E-state index contributed by atoms with van der Waals surface area (Å²) in [6, 6.07) is 8.72. The van der Waals surface area contributed by atoms with Crippen molar-refractivity contribution in [2.45, 2.75) is 39.2 Å². The minimum Gasteiger partial charge on any atom is -0.334 e. The maximum atomic E-state index is 14.4. The molecule has 29 heavy (non-hydrogen) atoms. The molecule has 2 N–H and O–H groups in total. The van der Waals surface area contributed by atoms with Crippen LogP contribution in [0.15, 0.2) is 36.4 Å². The highest BCUT2D eigenvalue weighted by molar-refractivity contribution is 5.55. The van der Waals surface area contributed by atoms with Crippen LogP contribution in [0.2, 0.25) is 0 Å². The summed E-state index contributed by atoms with van der Waals surface area (Å²) in [5.41, 5.74) is 1.57. The Morgan fingerprint density at radius 3 is 2.93 bits per heavy atom. The Bertz CT molecular complexity index is 1010. The number of rotatable bonds is 6. The SMILES string of the molecule is C/C=C/c1cc(Nc2nc(CC)nc(N3CCCC3c3ccccc3F)n2)n[nH]1. The normalized spacial score (nSPS) is 16.7. The third-order valence-corrected chi connectivity index (χ3v) is 4.94. The molecule has 150 valence electrons. The van der Waals surface area contributed by atoms with E-state index in [1.54, 1.807) is 6.07 Å². The molecular weight excluding hydrogens is 369 g/mol. The molecule has 1 atom stereocenters. The first kappa shape index (κ1) is 19.0. The van der Waals surface area contributed by atoms with Crippen molar-refractivity contribution in [2.24, 2.45) is 0 Å². The lowest BCUT2D eigenvalue weighted by molar-refractivity contribution is 0.577. The number of nitrogens with one attached hydrogen (secondary N) is 2. The first-order chi connectivity index (χ1) is 14.2. The lowest BCUT2D eigenvalue weighted by Gasteiger charge is -2.25. The fraction of sp³-hybridized carbons (Fsp3) is 0.333. The maximum Gasteiger partial charge on any atom is 0.233 e. The summed E-state index contributed by atoms with van der Waals surface area (Å²) >= 11 is 0. The minimum absolute atomic E-state index is 0.0807. The fourth-order valence-electron chi connectivity index (χ4n) is 3.60. The van der Waals surface area contributed by atoms with Crippen molar-refractivity contribution in [1.82, 2.24) is 25.1 Å². The van der Waals surface area contributed by atoms with Crippen molar-refractivity contribution < 1.29 is 4.39 Å². The third kappa shape index (κ3) is 4.11. The zero-order valence-corrected chi connectivity index (χ0v) is 16.6. The Kier molecular flexibility index (Phi) is 5.50. The predicted molar refractivity (Wildman–Crippen MR) is 112 cm³/mol. The summed E-state index contributed by atoms with van der Waals surface area (Å²) in [6.07, 6.45) is 6.36. The maximum absolute atomic E-state index is 14.4. The fourth-order valence-corrected chi connectivity index (χ4v) is 3.60. The van der Waals surface area contributed by atoms with Crippen LogP contribution in [0.5, 0.6) is 0 Å². The van der Waals surface area contributed by atoms with Crippen LogP contribution < -0.4 is 10.2 Å². The lowest BCUT2D eigenvalue weighted by Crippen LogP contribution is -2.26. The van der Waals surface area contributed by atoms with E-state index in [0.29, 0.717) is 35.5 Å². The number of benzene rings is 1. The molecule has 4 rings (SSSR count). The molecule has 0 aliphatic carbocycles. The van der Waals surface area contributed by atoms with E-state index in [1.807, 2.05) is 44.2 Å². The summed E-state index contributed by atoms with van der Waals surface area (Å²) in [5, 5.41) is 10.3. The van der Waals surface area contributed by atoms with Gasteiger partial charge in [0.1, 0.15) is 11.6 Å². The van der Waals surface area contributed by atoms with Gasteiger partial charge in [-0.05, 0) is 31.9 Å². The average molecular weight is 393 g/mol. The van der Waals surface area contributed by atoms with Gasteiger partial charge in [-0.3, -0.25) is 5.10 Å². The summed E-state index contributed by atoms with van der Waals surface area (Å²) in [5.74, 6) is 2.12. The van der Waals surface area contributed by atoms with Crippen LogP contribution >= 0.6 is 0 Å². The van der Waals surface area contributed by atoms with Gasteiger partial charge in [0.25, 0.3) is 0 Å². The van der Waals surface area contributed by atoms with Crippen LogP contribution in [0.3, 0.4) is 0 Å². The number of halogens is 1. The largest absolute Gasteiger partial charge is 0.334 e. The topological polar surface area (TPSA) is 82.6 Å². The highest BCUT2D eigenvalue weighted by Gasteiger charge is 2.30. The molecule has 3 aromatic rings. The highest BCUT2D eigenvalue weighted by Crippen LogP contribution is 2.36. The van der Waals surface area contributed by atoms with Crippen LogP contribution in [0.25, 0.3) is 6.08 Å². The number of allylic oxidation sites excluding steroid dienone is 1. The van der Waals surface area contributed by atoms with Gasteiger partial charge in [-0.15, -0.1) is 0 Å². The van der Waals surface area contributed by atoms with Gasteiger partial charge in [-0.25, -0.2) is 4.39 Å². The van der Waals surface area contributed by atoms with Crippen LogP contribution in [-0.4, -0.2) is 31.7 Å². The molecule has 0 spiro atoms. The standard InChI is InChI=1S/C21H24FN7/c1-3-8-14-13-19(28-27-14)24-20-23-18(4-2)25-21(26-20)29-12-7-11-17(29)15-9-5-6-10-16(15)22/h3,5-6,8-10,13,17H,4,7,11-12H2,1-2H3,(H2,23,24,25,26,27,28)/b8-3+. The predicted octanol–water partition coefficient (Wildman–Crippen LogP) is 4.41. The molecule has 0 bridgehead atoms. The second-order valence-corrected chi connectivity index (χ2v) is 6.94. The van der Waals surface area contributed by atoms with Crippen molar-refractivity contribution in [3.05, 3.63) is 59.3 Å². The summed E-state index contributed by atoms with van der Waals surface area (Å²) in [4.78, 5) is 15.8. The highest BCUT2D eigenvalue weighted by atomic mass is 19.1. The molecule has 1 aliphatic rings. The molecule has 1 saturated heterocycles. The summed E-state index contributed by atoms with van der Waals surface area (Å²) < 4.78 is 14.4. The van der Waals surface area contributed by atoms with Crippen molar-refractivity contribution >= 4 is 23.8 Å². The van der Waals surface area contributed by atoms with Crippen LogP contribution in [-0.2, 0) is 6.42 Å². The first-order valence-corrected chi connectivity index (χ1v) is 9.89. The van der Waals surface area contributed by atoms with E-state index in [0.717, 1.165) is 25.1 Å². The molecule has 8 heteroatoms. The Balaban J connectivity index is 1.64. The number of aromatic amines is 1. The van der Waals surface area contributed by atoms with E-state index in [2.05, 4.69) is 35.4 Å². The van der Waals surface area contributed by atoms with Gasteiger partial charge in [0.05, 0.1) is 11.7 Å². The van der Waals surface area contributed by atoms with Crippen molar-refractivity contribution in [1.29, 1.82) is 0 Å². The van der Waals surface area contributed by atoms with Crippen molar-refractivity contribution in [3.63, 3.8) is 0 Å². The van der Waals surface area contributed by atoms with E-state index in [-0.39, 0.29) is 11.9 Å². The average Bonchev–Trinajstić information content (AvgIpc) is 3.38. The molecule has 1 fully saturated rings. The molecule has 0 radical (unpaired) electrons. The van der Waals surface area contributed by atoms with E-state index >= 15 is 0 Å². The zero-order valence-electron chi connectivity index (χ0n) is 16.6. The van der Waals surface area contributed by atoms with Gasteiger partial charge in [0, 0.05) is 24.6 Å². The van der Waals surface area contributed by atoms with Gasteiger partial charge in [0.2, 0.25) is 11.9 Å². The molecule has 0 saturated carbocycles. The first-order valence-electron chi connectivity index (χ1n) is 9.89. The quantitative estimate of drug-likeness (QED) is 0.645. The van der Waals surface area contributed by atoms with E-state index in [9.17, 15) is 4.39 Å². The Hall–Kier alpha value is -3.29. The number of H-pyrrole nitrogens is 1. The van der Waals surface area contributed by atoms with Crippen LogP contribution in [0.4, 0.5) is 22.1 Å². The Morgan fingerprint density at radius 2 is 2.14 bits per heavy atom. The Labute approximate surface area is 169 Å². The van der Waals surface area contributed by atoms with Crippen LogP contribution in [0.1, 0.15) is 49.8 Å². The van der Waals surface area contributed by atoms with E-state index in [1.165, 1.54) is 6.07 Å². The minimum atomic E-state index is -0.194. The number of hydrogen-bond donors (Lipinski definition) is 2. The molecule has 1 aromatic carbocycles. The number of anilines is 3. The second-order valence-electron chi connectivity index (χ2n) is 6.94. The van der Waals surface area contributed by atoms with Gasteiger partial charge in [0.15, 0.2) is 5.82 Å². The third-order valence-electron chi connectivity index (χ3n) is 4.94. The molecule has 7 nitrogen and oxygen atoms in total. The summed E-state index contributed by atoms with van der Waals surface area (Å²) in [6.45, 7) is 4.72. The number of nitrogens with zero attached hydrogens (tertiary/aromatic N) is 5. The van der Waals surface area contributed by atoms with E-state index in [4.69, 9.17) is 0 Å². The van der Waals surface area contributed by atoms with Gasteiger partial charge < -0.3 is 10.2 Å². The van der Waals surface area contributed by atoms with E-state index < -0.39 is 0 Å². The van der Waals surface area contributed by atoms with Crippen molar-refractivity contribution in [2.75, 3.05) is 16.8 Å². The van der Waals surface area contributed by atoms with Gasteiger partial charge in [-0.1, -0.05) is 31.2 Å². The molecule has 0 amide bonds. The number of aryl methyl sites for hydroxylation is 1. The number of aromatic nitrogens is 5. The lowest BCUT2D eigenvalue weighted by atomic mass is 10.0. The molecule has 3 heterocycles. The molecule has 2 aromatic heterocycles. The molecule has 1 unspecified atom stereocenters. The smallest absolute Gasteiger partial charge is 0.233 e. The van der Waals surface area contributed by atoms with Crippen LogP contribution in [0, 0.1) is 5.82 Å². The molecule has 1 aliphatic heterocycles. The van der Waals surface area contributed by atoms with Gasteiger partial charge >= 0.3 is 0 Å². The monoisotopic (exact) mass is 393 g/mol. The second kappa shape index (κ2) is 8.38. The van der Waals surface area contributed by atoms with Crippen molar-refractivity contribution in [3.8, 4) is 0 Å². The molecular formula is C21H24FN7. The summed E-state index contributed by atoms with van der Waals surface area (Å²) in [7, 11) is 0. The zero-order chi connectivity index (χ0) is 20.2. The van der Waals surface area contributed by atoms with Gasteiger partial charge in [-0.2, -0.15) is 20.1 Å². The number of hydrogen-bond acceptors (Lipinski definition) is 6.